The van der Waals surface area contributed by atoms with Crippen LogP contribution >= 0.6 is 11.8 Å². The van der Waals surface area contributed by atoms with E-state index < -0.39 is 5.60 Å². The minimum Gasteiger partial charge on any atom is -0.388 e. The maximum absolute atomic E-state index is 10.9. The van der Waals surface area contributed by atoms with Gasteiger partial charge in [-0.2, -0.15) is 11.8 Å². The van der Waals surface area contributed by atoms with Gasteiger partial charge in [0.15, 0.2) is 0 Å². The molecule has 1 aliphatic heterocycles. The Morgan fingerprint density at radius 3 is 2.69 bits per heavy atom. The summed E-state index contributed by atoms with van der Waals surface area (Å²) < 4.78 is 0. The van der Waals surface area contributed by atoms with Crippen LogP contribution in [0, 0.1) is 5.92 Å². The lowest BCUT2D eigenvalue weighted by Crippen LogP contribution is -2.63. The van der Waals surface area contributed by atoms with E-state index >= 15 is 0 Å². The van der Waals surface area contributed by atoms with Crippen LogP contribution in [0.15, 0.2) is 0 Å². The van der Waals surface area contributed by atoms with Crippen molar-refractivity contribution in [1.82, 2.24) is 0 Å². The van der Waals surface area contributed by atoms with Gasteiger partial charge in [-0.05, 0) is 43.8 Å². The molecule has 1 aliphatic carbocycles. The SMILES string of the molecule is CC1CCCC(O)(C2(N)CCCSC2)CC1. The Bertz CT molecular complexity index is 240. The summed E-state index contributed by atoms with van der Waals surface area (Å²) >= 11 is 1.92. The molecule has 2 nitrogen and oxygen atoms in total. The van der Waals surface area contributed by atoms with E-state index in [1.54, 1.807) is 0 Å². The van der Waals surface area contributed by atoms with Gasteiger partial charge in [0.25, 0.3) is 0 Å². The molecule has 2 fully saturated rings. The van der Waals surface area contributed by atoms with Crippen molar-refractivity contribution in [2.45, 2.75) is 63.0 Å². The van der Waals surface area contributed by atoms with Crippen molar-refractivity contribution in [2.75, 3.05) is 11.5 Å². The van der Waals surface area contributed by atoms with E-state index in [2.05, 4.69) is 6.92 Å². The molecule has 0 spiro atoms. The zero-order valence-electron chi connectivity index (χ0n) is 10.4. The van der Waals surface area contributed by atoms with Gasteiger partial charge in [0.2, 0.25) is 0 Å². The molecule has 94 valence electrons. The molecule has 3 atom stereocenters. The lowest BCUT2D eigenvalue weighted by atomic mass is 9.73. The van der Waals surface area contributed by atoms with Crippen molar-refractivity contribution in [2.24, 2.45) is 11.7 Å². The molecule has 1 heterocycles. The average Bonchev–Trinajstić information content (AvgIpc) is 2.43. The van der Waals surface area contributed by atoms with E-state index in [0.717, 1.165) is 43.8 Å². The van der Waals surface area contributed by atoms with Crippen LogP contribution in [0.5, 0.6) is 0 Å². The van der Waals surface area contributed by atoms with Crippen molar-refractivity contribution < 1.29 is 5.11 Å². The van der Waals surface area contributed by atoms with Crippen molar-refractivity contribution in [3.63, 3.8) is 0 Å². The molecule has 0 aromatic carbocycles. The number of nitrogens with two attached hydrogens (primary N) is 1. The van der Waals surface area contributed by atoms with Gasteiger partial charge >= 0.3 is 0 Å². The Morgan fingerprint density at radius 1 is 1.19 bits per heavy atom. The average molecular weight is 243 g/mol. The van der Waals surface area contributed by atoms with Gasteiger partial charge < -0.3 is 10.8 Å². The van der Waals surface area contributed by atoms with Crippen LogP contribution in [-0.2, 0) is 0 Å². The molecule has 0 radical (unpaired) electrons. The van der Waals surface area contributed by atoms with Gasteiger partial charge in [0.05, 0.1) is 11.1 Å². The second kappa shape index (κ2) is 4.87. The summed E-state index contributed by atoms with van der Waals surface area (Å²) in [4.78, 5) is 0. The normalized spacial score (nSPS) is 46.3. The predicted octanol–water partition coefficient (Wildman–Crippen LogP) is 2.54. The molecule has 1 saturated carbocycles. The van der Waals surface area contributed by atoms with Crippen LogP contribution in [0.2, 0.25) is 0 Å². The Morgan fingerprint density at radius 2 is 2.00 bits per heavy atom. The first kappa shape index (κ1) is 12.7. The van der Waals surface area contributed by atoms with Crippen molar-refractivity contribution in [3.8, 4) is 0 Å². The minimum atomic E-state index is -0.592. The van der Waals surface area contributed by atoms with E-state index in [0.29, 0.717) is 0 Å². The third-order valence-electron chi connectivity index (χ3n) is 4.54. The number of rotatable bonds is 1. The first-order valence-corrected chi connectivity index (χ1v) is 7.80. The molecule has 3 unspecified atom stereocenters. The van der Waals surface area contributed by atoms with Gasteiger partial charge in [-0.15, -0.1) is 0 Å². The lowest BCUT2D eigenvalue weighted by molar-refractivity contribution is -0.0446. The highest BCUT2D eigenvalue weighted by Gasteiger charge is 2.48. The van der Waals surface area contributed by atoms with Crippen LogP contribution in [-0.4, -0.2) is 27.8 Å². The summed E-state index contributed by atoms with van der Waals surface area (Å²) in [6, 6.07) is 0. The third-order valence-corrected chi connectivity index (χ3v) is 5.83. The Labute approximate surface area is 103 Å². The van der Waals surface area contributed by atoms with Crippen molar-refractivity contribution in [3.05, 3.63) is 0 Å². The smallest absolute Gasteiger partial charge is 0.0834 e. The Balaban J connectivity index is 2.09. The van der Waals surface area contributed by atoms with Gasteiger partial charge in [0, 0.05) is 5.75 Å². The zero-order chi connectivity index (χ0) is 11.6. The quantitative estimate of drug-likeness (QED) is 0.696. The molecule has 2 rings (SSSR count). The Hall–Kier alpha value is 0.270. The topological polar surface area (TPSA) is 46.2 Å². The minimum absolute atomic E-state index is 0.319. The predicted molar refractivity (Wildman–Crippen MR) is 70.7 cm³/mol. The number of hydrogen-bond donors (Lipinski definition) is 2. The highest BCUT2D eigenvalue weighted by molar-refractivity contribution is 7.99. The Kier molecular flexibility index (Phi) is 3.87. The van der Waals surface area contributed by atoms with E-state index in [1.165, 1.54) is 18.6 Å². The van der Waals surface area contributed by atoms with Crippen LogP contribution in [0.25, 0.3) is 0 Å². The highest BCUT2D eigenvalue weighted by atomic mass is 32.2. The number of hydrogen-bond acceptors (Lipinski definition) is 3. The summed E-state index contributed by atoms with van der Waals surface area (Å²) in [5, 5.41) is 10.9. The fourth-order valence-electron chi connectivity index (χ4n) is 3.18. The van der Waals surface area contributed by atoms with E-state index in [4.69, 9.17) is 5.73 Å². The highest BCUT2D eigenvalue weighted by Crippen LogP contribution is 2.42. The van der Waals surface area contributed by atoms with Gasteiger partial charge in [-0.25, -0.2) is 0 Å². The maximum Gasteiger partial charge on any atom is 0.0834 e. The first-order valence-electron chi connectivity index (χ1n) is 6.65. The lowest BCUT2D eigenvalue weighted by Gasteiger charge is -2.46. The zero-order valence-corrected chi connectivity index (χ0v) is 11.2. The summed E-state index contributed by atoms with van der Waals surface area (Å²) in [6.07, 6.45) is 7.52. The van der Waals surface area contributed by atoms with Gasteiger partial charge in [-0.3, -0.25) is 0 Å². The second-order valence-electron chi connectivity index (χ2n) is 5.88. The molecule has 0 aromatic heterocycles. The first-order chi connectivity index (χ1) is 7.56. The van der Waals surface area contributed by atoms with Crippen LogP contribution < -0.4 is 5.73 Å². The van der Waals surface area contributed by atoms with E-state index in [-0.39, 0.29) is 5.54 Å². The van der Waals surface area contributed by atoms with Crippen molar-refractivity contribution >= 4 is 11.8 Å². The molecule has 0 amide bonds. The van der Waals surface area contributed by atoms with Crippen LogP contribution in [0.4, 0.5) is 0 Å². The largest absolute Gasteiger partial charge is 0.388 e. The van der Waals surface area contributed by atoms with Gasteiger partial charge in [-0.1, -0.05) is 19.8 Å². The second-order valence-corrected chi connectivity index (χ2v) is 6.99. The molecule has 2 aliphatic rings. The monoisotopic (exact) mass is 243 g/mol. The van der Waals surface area contributed by atoms with E-state index in [1.807, 2.05) is 11.8 Å². The van der Waals surface area contributed by atoms with Crippen molar-refractivity contribution in [1.29, 1.82) is 0 Å². The number of aliphatic hydroxyl groups is 1. The van der Waals surface area contributed by atoms with E-state index in [9.17, 15) is 5.11 Å². The molecule has 3 heteroatoms. The number of thioether (sulfide) groups is 1. The molecule has 0 bridgehead atoms. The fourth-order valence-corrected chi connectivity index (χ4v) is 4.45. The molecule has 1 saturated heterocycles. The molecule has 0 aromatic rings. The summed E-state index contributed by atoms with van der Waals surface area (Å²) in [5.74, 6) is 2.91. The van der Waals surface area contributed by atoms with Crippen LogP contribution in [0.3, 0.4) is 0 Å². The molecule has 3 N–H and O–H groups in total. The third kappa shape index (κ3) is 2.41. The molecular formula is C13H25NOS. The standard InChI is InChI=1S/C13H25NOS/c1-11-4-2-7-13(15,8-5-11)12(14)6-3-9-16-10-12/h11,15H,2-10,14H2,1H3. The summed E-state index contributed by atoms with van der Waals surface area (Å²) in [6.45, 7) is 2.30. The molecular weight excluding hydrogens is 218 g/mol. The van der Waals surface area contributed by atoms with Crippen LogP contribution in [0.1, 0.15) is 51.9 Å². The maximum atomic E-state index is 10.9. The van der Waals surface area contributed by atoms with Gasteiger partial charge in [0.1, 0.15) is 0 Å². The molecule has 16 heavy (non-hydrogen) atoms. The summed E-state index contributed by atoms with van der Waals surface area (Å²) in [7, 11) is 0. The fraction of sp³-hybridized carbons (Fsp3) is 1.00. The summed E-state index contributed by atoms with van der Waals surface area (Å²) in [5.41, 5.74) is 5.60.